The van der Waals surface area contributed by atoms with Crippen molar-refractivity contribution in [3.8, 4) is 0 Å². The van der Waals surface area contributed by atoms with Crippen LogP contribution in [0.5, 0.6) is 0 Å². The van der Waals surface area contributed by atoms with E-state index in [2.05, 4.69) is 10.5 Å². The quantitative estimate of drug-likeness (QED) is 0.699. The van der Waals surface area contributed by atoms with Crippen LogP contribution in [-0.2, 0) is 4.79 Å². The van der Waals surface area contributed by atoms with Gasteiger partial charge in [0.25, 0.3) is 0 Å². The largest absolute Gasteiger partial charge is 0.378 e. The summed E-state index contributed by atoms with van der Waals surface area (Å²) in [6.07, 6.45) is 9.29. The third kappa shape index (κ3) is 1.56. The number of dihydropyridines is 1. The highest BCUT2D eigenvalue weighted by atomic mass is 16.3. The van der Waals surface area contributed by atoms with E-state index in [-0.39, 0.29) is 11.8 Å². The molecule has 0 saturated carbocycles. The van der Waals surface area contributed by atoms with Crippen LogP contribution in [0.4, 0.5) is 0 Å². The number of allylic oxidation sites excluding steroid dienone is 4. The second kappa shape index (κ2) is 3.80. The molecule has 86 valence electrons. The number of Topliss-reactive ketones (excluding diaryl/α,β-unsaturated/α-hetero) is 1. The third-order valence-electron chi connectivity index (χ3n) is 3.40. The zero-order chi connectivity index (χ0) is 11.8. The molecule has 0 aromatic heterocycles. The van der Waals surface area contributed by atoms with Crippen molar-refractivity contribution in [2.45, 2.75) is 25.3 Å². The first kappa shape index (κ1) is 10.2. The second-order valence-corrected chi connectivity index (χ2v) is 4.43. The van der Waals surface area contributed by atoms with E-state index in [0.29, 0.717) is 25.0 Å². The van der Waals surface area contributed by atoms with E-state index in [1.54, 1.807) is 0 Å². The molecular formula is C13H12N2O2. The van der Waals surface area contributed by atoms with Gasteiger partial charge in [-0.1, -0.05) is 24.3 Å². The predicted octanol–water partition coefficient (Wildman–Crippen LogP) is 2.11. The Balaban J connectivity index is 2.12. The van der Waals surface area contributed by atoms with Gasteiger partial charge in [-0.25, -0.2) is 0 Å². The summed E-state index contributed by atoms with van der Waals surface area (Å²) < 4.78 is 0. The summed E-state index contributed by atoms with van der Waals surface area (Å²) in [4.78, 5) is 22.5. The standard InChI is InChI=1S/C13H12N2O2/c16-8-5-6-12-10(7-8)13(15-17)9-3-1-2-4-11(9)14-12/h1-4,11,14H,5-7H2. The molecule has 4 nitrogen and oxygen atoms in total. The fraction of sp³-hybridized carbons (Fsp3) is 0.308. The smallest absolute Gasteiger partial charge is 0.137 e. The molecule has 0 aromatic rings. The Bertz CT molecular complexity index is 524. The molecule has 17 heavy (non-hydrogen) atoms. The Kier molecular flexibility index (Phi) is 2.28. The van der Waals surface area contributed by atoms with Crippen molar-refractivity contribution in [1.82, 2.24) is 5.32 Å². The SMILES string of the molecule is O=NC1=C2C=CC=CC2NC2=C1CC(=O)CC2. The lowest BCUT2D eigenvalue weighted by molar-refractivity contribution is -0.118. The average molecular weight is 228 g/mol. The third-order valence-corrected chi connectivity index (χ3v) is 3.40. The first-order valence-electron chi connectivity index (χ1n) is 5.72. The summed E-state index contributed by atoms with van der Waals surface area (Å²) in [5.74, 6) is 0.182. The van der Waals surface area contributed by atoms with Crippen LogP contribution in [0.2, 0.25) is 0 Å². The minimum absolute atomic E-state index is 0.0275. The molecule has 4 heteroatoms. The van der Waals surface area contributed by atoms with E-state index >= 15 is 0 Å². The van der Waals surface area contributed by atoms with E-state index in [4.69, 9.17) is 0 Å². The van der Waals surface area contributed by atoms with Gasteiger partial charge in [0.15, 0.2) is 0 Å². The maximum Gasteiger partial charge on any atom is 0.137 e. The number of nitrogens with one attached hydrogen (secondary N) is 1. The van der Waals surface area contributed by atoms with Gasteiger partial charge in [0, 0.05) is 29.7 Å². The predicted molar refractivity (Wildman–Crippen MR) is 63.9 cm³/mol. The van der Waals surface area contributed by atoms with E-state index < -0.39 is 0 Å². The van der Waals surface area contributed by atoms with Crippen molar-refractivity contribution in [2.24, 2.45) is 5.18 Å². The van der Waals surface area contributed by atoms with Gasteiger partial charge in [0.05, 0.1) is 6.04 Å². The Hall–Kier alpha value is -1.97. The monoisotopic (exact) mass is 228 g/mol. The fourth-order valence-corrected chi connectivity index (χ4v) is 2.56. The van der Waals surface area contributed by atoms with E-state index in [9.17, 15) is 9.70 Å². The molecular weight excluding hydrogens is 216 g/mol. The molecule has 0 aromatic carbocycles. The molecule has 1 heterocycles. The van der Waals surface area contributed by atoms with Crippen LogP contribution in [0.3, 0.4) is 0 Å². The number of rotatable bonds is 1. The number of carbonyl (C=O) groups is 1. The van der Waals surface area contributed by atoms with Crippen molar-refractivity contribution in [1.29, 1.82) is 0 Å². The highest BCUT2D eigenvalue weighted by Crippen LogP contribution is 2.35. The molecule has 0 bridgehead atoms. The van der Waals surface area contributed by atoms with Crippen molar-refractivity contribution >= 4 is 5.78 Å². The number of carbonyl (C=O) groups excluding carboxylic acids is 1. The Morgan fingerprint density at radius 2 is 2.18 bits per heavy atom. The van der Waals surface area contributed by atoms with Crippen LogP contribution in [0.15, 0.2) is 52.0 Å². The van der Waals surface area contributed by atoms with Gasteiger partial charge in [-0.15, -0.1) is 4.91 Å². The summed E-state index contributed by atoms with van der Waals surface area (Å²) in [5, 5.41) is 6.52. The van der Waals surface area contributed by atoms with E-state index in [0.717, 1.165) is 16.8 Å². The summed E-state index contributed by atoms with van der Waals surface area (Å²) in [7, 11) is 0. The number of hydrogen-bond donors (Lipinski definition) is 1. The summed E-state index contributed by atoms with van der Waals surface area (Å²) >= 11 is 0. The van der Waals surface area contributed by atoms with Gasteiger partial charge < -0.3 is 5.32 Å². The normalized spacial score (nSPS) is 26.6. The molecule has 3 aliphatic rings. The van der Waals surface area contributed by atoms with E-state index in [1.807, 2.05) is 24.3 Å². The summed E-state index contributed by atoms with van der Waals surface area (Å²) in [6, 6.07) is 0.0275. The minimum atomic E-state index is 0.0275. The summed E-state index contributed by atoms with van der Waals surface area (Å²) in [5.41, 5.74) is 3.13. The van der Waals surface area contributed by atoms with Crippen molar-refractivity contribution in [3.63, 3.8) is 0 Å². The molecule has 0 fully saturated rings. The number of hydrogen-bond acceptors (Lipinski definition) is 4. The summed E-state index contributed by atoms with van der Waals surface area (Å²) in [6.45, 7) is 0. The Morgan fingerprint density at radius 3 is 3.00 bits per heavy atom. The molecule has 0 amide bonds. The van der Waals surface area contributed by atoms with Gasteiger partial charge in [0.2, 0.25) is 0 Å². The zero-order valence-electron chi connectivity index (χ0n) is 9.27. The first-order valence-corrected chi connectivity index (χ1v) is 5.72. The van der Waals surface area contributed by atoms with Gasteiger partial charge in [0.1, 0.15) is 11.5 Å². The number of fused-ring (bicyclic) bond motifs is 1. The number of nitroso groups, excluding NO2 is 1. The highest BCUT2D eigenvalue weighted by molar-refractivity contribution is 5.84. The highest BCUT2D eigenvalue weighted by Gasteiger charge is 2.31. The Morgan fingerprint density at radius 1 is 1.29 bits per heavy atom. The van der Waals surface area contributed by atoms with Crippen LogP contribution < -0.4 is 5.32 Å². The maximum absolute atomic E-state index is 11.5. The molecule has 1 N–H and O–H groups in total. The lowest BCUT2D eigenvalue weighted by atomic mass is 9.85. The van der Waals surface area contributed by atoms with Crippen LogP contribution in [0.1, 0.15) is 19.3 Å². The van der Waals surface area contributed by atoms with Crippen molar-refractivity contribution in [2.75, 3.05) is 0 Å². The van der Waals surface area contributed by atoms with Gasteiger partial charge in [-0.05, 0) is 11.6 Å². The molecule has 0 saturated heterocycles. The lowest BCUT2D eigenvalue weighted by Gasteiger charge is -2.32. The van der Waals surface area contributed by atoms with E-state index in [1.165, 1.54) is 0 Å². The molecule has 0 radical (unpaired) electrons. The second-order valence-electron chi connectivity index (χ2n) is 4.43. The maximum atomic E-state index is 11.5. The first-order chi connectivity index (χ1) is 8.29. The fourth-order valence-electron chi connectivity index (χ4n) is 2.56. The molecule has 1 aliphatic heterocycles. The molecule has 3 rings (SSSR count). The Labute approximate surface area is 98.7 Å². The molecule has 1 unspecified atom stereocenters. The minimum Gasteiger partial charge on any atom is -0.378 e. The van der Waals surface area contributed by atoms with Crippen LogP contribution in [0, 0.1) is 4.91 Å². The van der Waals surface area contributed by atoms with Gasteiger partial charge >= 0.3 is 0 Å². The number of nitrogens with zero attached hydrogens (tertiary/aromatic N) is 1. The average Bonchev–Trinajstić information content (AvgIpc) is 2.36. The lowest BCUT2D eigenvalue weighted by Crippen LogP contribution is -2.36. The van der Waals surface area contributed by atoms with Crippen LogP contribution in [0.25, 0.3) is 0 Å². The van der Waals surface area contributed by atoms with Crippen molar-refractivity contribution < 1.29 is 4.79 Å². The number of ketones is 1. The van der Waals surface area contributed by atoms with Crippen LogP contribution in [-0.4, -0.2) is 11.8 Å². The molecule has 0 spiro atoms. The topological polar surface area (TPSA) is 58.5 Å². The molecule has 1 atom stereocenters. The molecule has 2 aliphatic carbocycles. The van der Waals surface area contributed by atoms with Crippen molar-refractivity contribution in [3.05, 3.63) is 51.8 Å². The van der Waals surface area contributed by atoms with Gasteiger partial charge in [-0.2, -0.15) is 0 Å². The zero-order valence-corrected chi connectivity index (χ0v) is 9.27. The van der Waals surface area contributed by atoms with Crippen LogP contribution >= 0.6 is 0 Å². The van der Waals surface area contributed by atoms with Gasteiger partial charge in [-0.3, -0.25) is 4.79 Å².